The van der Waals surface area contributed by atoms with Crippen molar-refractivity contribution in [2.24, 2.45) is 0 Å². The van der Waals surface area contributed by atoms with E-state index >= 15 is 0 Å². The monoisotopic (exact) mass is 649 g/mol. The molecule has 2 aliphatic rings. The quantitative estimate of drug-likeness (QED) is 0.219. The molecule has 0 fully saturated rings. The number of unbranched alkanes of at least 4 members (excludes halogenated alkanes) is 3. The molecule has 0 bridgehead atoms. The topological polar surface area (TPSA) is 0 Å². The second-order valence-corrected chi connectivity index (χ2v) is 27.3. The van der Waals surface area contributed by atoms with Crippen LogP contribution in [0.3, 0.4) is 0 Å². The summed E-state index contributed by atoms with van der Waals surface area (Å²) < 4.78 is 1.48. The van der Waals surface area contributed by atoms with E-state index in [0.717, 1.165) is 7.25 Å². The van der Waals surface area contributed by atoms with Gasteiger partial charge >= 0.3 is 195 Å². The molecule has 0 aromatic heterocycles. The molecular formula is C35H41Cl2SiZr. The van der Waals surface area contributed by atoms with Crippen molar-refractivity contribution in [1.82, 2.24) is 0 Å². The first-order valence-electron chi connectivity index (χ1n) is 14.3. The molecule has 4 heteroatoms. The summed E-state index contributed by atoms with van der Waals surface area (Å²) in [7, 11) is 0. The van der Waals surface area contributed by atoms with E-state index in [1.54, 1.807) is 22.3 Å². The van der Waals surface area contributed by atoms with Gasteiger partial charge in [0.2, 0.25) is 0 Å². The molecule has 4 aromatic carbocycles. The van der Waals surface area contributed by atoms with Crippen molar-refractivity contribution in [3.8, 4) is 0 Å². The van der Waals surface area contributed by atoms with Gasteiger partial charge in [0.1, 0.15) is 0 Å². The van der Waals surface area contributed by atoms with Gasteiger partial charge in [-0.3, -0.25) is 0 Å². The summed E-state index contributed by atoms with van der Waals surface area (Å²) >= 11 is -1.80. The fourth-order valence-electron chi connectivity index (χ4n) is 6.62. The molecule has 0 aliphatic heterocycles. The molecule has 2 aliphatic carbocycles. The minimum atomic E-state index is -1.80. The number of hydrogen-bond donors (Lipinski definition) is 0. The molecule has 4 aromatic rings. The summed E-state index contributed by atoms with van der Waals surface area (Å²) in [5.74, 6) is 0. The normalized spacial score (nSPS) is 17.1. The van der Waals surface area contributed by atoms with E-state index in [1.807, 2.05) is 0 Å². The Morgan fingerprint density at radius 3 is 1.41 bits per heavy atom. The Kier molecular flexibility index (Phi) is 11.9. The fraction of sp³-hybridized carbons (Fsp3) is 0.314. The number of rotatable bonds is 6. The second kappa shape index (κ2) is 14.5. The molecule has 0 spiro atoms. The van der Waals surface area contributed by atoms with Gasteiger partial charge in [0.15, 0.2) is 0 Å². The summed E-state index contributed by atoms with van der Waals surface area (Å²) in [4.78, 5) is 0. The van der Waals surface area contributed by atoms with Crippen LogP contribution in [0.2, 0.25) is 6.55 Å². The predicted octanol–water partition coefficient (Wildman–Crippen LogP) is 3.95. The van der Waals surface area contributed by atoms with Crippen LogP contribution >= 0.6 is 0 Å². The molecule has 39 heavy (non-hydrogen) atoms. The summed E-state index contributed by atoms with van der Waals surface area (Å²) in [6.07, 6.45) is 10.6. The first-order valence-corrected chi connectivity index (χ1v) is 24.5. The summed E-state index contributed by atoms with van der Waals surface area (Å²) in [6, 6.07) is 27.5. The molecule has 203 valence electrons. The minimum Gasteiger partial charge on any atom is -1.00 e. The van der Waals surface area contributed by atoms with Crippen LogP contribution in [0.4, 0.5) is 0 Å². The maximum atomic E-state index is 2.60. The van der Waals surface area contributed by atoms with Crippen molar-refractivity contribution >= 4 is 40.3 Å². The van der Waals surface area contributed by atoms with E-state index in [2.05, 4.69) is 119 Å². The predicted molar refractivity (Wildman–Crippen MR) is 165 cm³/mol. The fourth-order valence-corrected chi connectivity index (χ4v) is 27.2. The van der Waals surface area contributed by atoms with Gasteiger partial charge in [0.05, 0.1) is 0 Å². The number of halogens is 2. The van der Waals surface area contributed by atoms with Gasteiger partial charge in [-0.1, -0.05) is 39.5 Å². The zero-order valence-electron chi connectivity index (χ0n) is 24.0. The van der Waals surface area contributed by atoms with E-state index in [1.165, 1.54) is 58.4 Å². The Hall–Kier alpha value is -1.44. The molecule has 0 N–H and O–H groups in total. The van der Waals surface area contributed by atoms with Gasteiger partial charge < -0.3 is 24.8 Å². The van der Waals surface area contributed by atoms with E-state index in [-0.39, 0.29) is 31.5 Å². The van der Waals surface area contributed by atoms with Gasteiger partial charge in [0.25, 0.3) is 0 Å². The van der Waals surface area contributed by atoms with Gasteiger partial charge in [-0.05, 0) is 0 Å². The molecule has 0 saturated carbocycles. The van der Waals surface area contributed by atoms with Crippen LogP contribution in [0.5, 0.6) is 0 Å². The number of benzene rings is 4. The third-order valence-corrected chi connectivity index (χ3v) is 27.5. The van der Waals surface area contributed by atoms with Crippen LogP contribution in [-0.2, 0) is 20.9 Å². The van der Waals surface area contributed by atoms with Crippen LogP contribution in [0.15, 0.2) is 83.9 Å². The van der Waals surface area contributed by atoms with Gasteiger partial charge in [-0.25, -0.2) is 0 Å². The molecular weight excluding hydrogens is 611 g/mol. The molecule has 0 amide bonds. The van der Waals surface area contributed by atoms with Crippen molar-refractivity contribution in [3.05, 3.63) is 106 Å². The number of fused-ring (bicyclic) bond motifs is 6. The minimum absolute atomic E-state index is 0. The Morgan fingerprint density at radius 1 is 0.615 bits per heavy atom. The van der Waals surface area contributed by atoms with Crippen LogP contribution in [0.25, 0.3) is 33.7 Å². The smallest absolute Gasteiger partial charge is 1.00 e. The van der Waals surface area contributed by atoms with Crippen molar-refractivity contribution in [2.75, 3.05) is 0 Å². The Bertz CT molecular complexity index is 1380. The molecule has 2 atom stereocenters. The van der Waals surface area contributed by atoms with Crippen molar-refractivity contribution in [1.29, 1.82) is 0 Å². The van der Waals surface area contributed by atoms with Crippen molar-refractivity contribution in [2.45, 2.75) is 67.2 Å². The SMILES string of the molecule is CCCCCC.C[SiH2][Zr+2]([CH]1C(C)=Cc2c1ccc1ccccc21)[CH]1C(C)=Cc2c1ccc1ccccc21.[Cl-].[Cl-]. The number of allylic oxidation sites excluding steroid dienone is 2. The second-order valence-electron chi connectivity index (χ2n) is 10.9. The first kappa shape index (κ1) is 32.1. The molecule has 6 rings (SSSR count). The third-order valence-electron chi connectivity index (χ3n) is 8.39. The first-order chi connectivity index (χ1) is 18.1. The Labute approximate surface area is 257 Å². The Balaban J connectivity index is 0.000000477. The molecule has 0 radical (unpaired) electrons. The molecule has 0 heterocycles. The average molecular weight is 652 g/mol. The van der Waals surface area contributed by atoms with Crippen LogP contribution in [-0.4, -0.2) is 6.65 Å². The third kappa shape index (κ3) is 6.25. The van der Waals surface area contributed by atoms with E-state index < -0.39 is 20.9 Å². The van der Waals surface area contributed by atoms with Gasteiger partial charge in [-0.15, -0.1) is 0 Å². The van der Waals surface area contributed by atoms with E-state index in [4.69, 9.17) is 0 Å². The summed E-state index contributed by atoms with van der Waals surface area (Å²) in [5, 5.41) is 5.62. The molecule has 0 saturated heterocycles. The molecule has 2 unspecified atom stereocenters. The summed E-state index contributed by atoms with van der Waals surface area (Å²) in [6.45, 7) is 11.8. The van der Waals surface area contributed by atoms with E-state index in [0.29, 0.717) is 0 Å². The van der Waals surface area contributed by atoms with Gasteiger partial charge in [-0.2, -0.15) is 0 Å². The van der Waals surface area contributed by atoms with E-state index in [9.17, 15) is 0 Å². The average Bonchev–Trinajstić information content (AvgIpc) is 3.45. The largest absolute Gasteiger partial charge is 1.00 e. The standard InChI is InChI=1S/2C14H11.C6H14.CH5Si.2ClH.Zr/c2*1-10-8-12-7-6-11-4-2-3-5-13(11)14(12)9-10;1-3-5-6-4-2;1-2;;;/h2*2-9H,1H3;3-6H2,1-2H3;2H2,1H3;2*1H;/q;;;;;;+2/p-2. The molecule has 0 nitrogen and oxygen atoms in total. The van der Waals surface area contributed by atoms with Crippen molar-refractivity contribution < 1.29 is 45.7 Å². The number of hydrogen-bond acceptors (Lipinski definition) is 0. The maximum Gasteiger partial charge on any atom is -1.00 e. The van der Waals surface area contributed by atoms with Crippen LogP contribution in [0.1, 0.15) is 82.9 Å². The zero-order chi connectivity index (χ0) is 25.9. The van der Waals surface area contributed by atoms with Crippen molar-refractivity contribution in [3.63, 3.8) is 0 Å². The van der Waals surface area contributed by atoms with Gasteiger partial charge in [0, 0.05) is 0 Å². The Morgan fingerprint density at radius 2 is 1.03 bits per heavy atom. The zero-order valence-corrected chi connectivity index (χ0v) is 29.4. The maximum absolute atomic E-state index is 2.60. The van der Waals surface area contributed by atoms with Crippen LogP contribution < -0.4 is 24.8 Å². The van der Waals surface area contributed by atoms with Crippen LogP contribution in [0, 0.1) is 0 Å². The summed E-state index contributed by atoms with van der Waals surface area (Å²) in [5.41, 5.74) is 9.58.